The molecule has 3 nitrogen and oxygen atoms in total. The zero-order valence-electron chi connectivity index (χ0n) is 9.58. The predicted octanol–water partition coefficient (Wildman–Crippen LogP) is 1.92. The molecule has 0 radical (unpaired) electrons. The Morgan fingerprint density at radius 2 is 1.64 bits per heavy atom. The van der Waals surface area contributed by atoms with Crippen molar-refractivity contribution >= 4 is 0 Å². The molecule has 14 heavy (non-hydrogen) atoms. The molecule has 0 heterocycles. The number of nitrogens with one attached hydrogen (secondary N) is 1. The van der Waals surface area contributed by atoms with E-state index in [0.717, 1.165) is 0 Å². The molecular weight excluding hydrogens is 178 g/mol. The lowest BCUT2D eigenvalue weighted by Gasteiger charge is -2.29. The van der Waals surface area contributed by atoms with Crippen LogP contribution in [-0.4, -0.2) is 32.6 Å². The molecule has 0 spiro atoms. The van der Waals surface area contributed by atoms with Crippen LogP contribution < -0.4 is 5.32 Å². The Balaban J connectivity index is 2.26. The number of hydrogen-bond donors (Lipinski definition) is 1. The molecule has 1 atom stereocenters. The molecule has 0 amide bonds. The van der Waals surface area contributed by atoms with Crippen LogP contribution in [0.25, 0.3) is 0 Å². The summed E-state index contributed by atoms with van der Waals surface area (Å²) in [4.78, 5) is 0. The summed E-state index contributed by atoms with van der Waals surface area (Å²) in [6.45, 7) is 2.12. The van der Waals surface area contributed by atoms with Gasteiger partial charge < -0.3 is 14.8 Å². The molecule has 1 aliphatic carbocycles. The Hall–Kier alpha value is -0.120. The highest BCUT2D eigenvalue weighted by Crippen LogP contribution is 2.18. The van der Waals surface area contributed by atoms with E-state index in [4.69, 9.17) is 9.47 Å². The zero-order valence-corrected chi connectivity index (χ0v) is 9.58. The van der Waals surface area contributed by atoms with Gasteiger partial charge in [0.25, 0.3) is 0 Å². The average molecular weight is 201 g/mol. The third-order valence-corrected chi connectivity index (χ3v) is 2.98. The first-order valence-electron chi connectivity index (χ1n) is 5.59. The van der Waals surface area contributed by atoms with Crippen LogP contribution in [0.4, 0.5) is 0 Å². The van der Waals surface area contributed by atoms with Crippen molar-refractivity contribution < 1.29 is 9.47 Å². The molecule has 0 bridgehead atoms. The molecule has 1 fully saturated rings. The van der Waals surface area contributed by atoms with E-state index in [9.17, 15) is 0 Å². The Morgan fingerprint density at radius 1 is 1.07 bits per heavy atom. The second-order valence-corrected chi connectivity index (χ2v) is 4.13. The van der Waals surface area contributed by atoms with Gasteiger partial charge in [-0.15, -0.1) is 0 Å². The fraction of sp³-hybridized carbons (Fsp3) is 1.00. The van der Waals surface area contributed by atoms with Crippen molar-refractivity contribution in [1.82, 2.24) is 5.32 Å². The molecule has 1 unspecified atom stereocenters. The Kier molecular flexibility index (Phi) is 5.45. The normalized spacial score (nSPS) is 21.4. The second-order valence-electron chi connectivity index (χ2n) is 4.13. The van der Waals surface area contributed by atoms with Gasteiger partial charge in [0, 0.05) is 20.3 Å². The van der Waals surface area contributed by atoms with Crippen molar-refractivity contribution in [3.8, 4) is 0 Å². The van der Waals surface area contributed by atoms with Crippen molar-refractivity contribution in [2.75, 3.05) is 14.2 Å². The van der Waals surface area contributed by atoms with Gasteiger partial charge in [-0.05, 0) is 19.8 Å². The van der Waals surface area contributed by atoms with Gasteiger partial charge in [-0.2, -0.15) is 0 Å². The molecule has 3 heteroatoms. The van der Waals surface area contributed by atoms with Gasteiger partial charge in [0.1, 0.15) is 0 Å². The van der Waals surface area contributed by atoms with Crippen LogP contribution in [-0.2, 0) is 9.47 Å². The lowest BCUT2D eigenvalue weighted by Crippen LogP contribution is -2.45. The summed E-state index contributed by atoms with van der Waals surface area (Å²) in [6, 6.07) is 0.930. The van der Waals surface area contributed by atoms with Gasteiger partial charge in [0.05, 0.1) is 6.04 Å². The van der Waals surface area contributed by atoms with Gasteiger partial charge in [0.2, 0.25) is 0 Å². The summed E-state index contributed by atoms with van der Waals surface area (Å²) in [7, 11) is 3.38. The Morgan fingerprint density at radius 3 is 2.14 bits per heavy atom. The minimum Gasteiger partial charge on any atom is -0.354 e. The van der Waals surface area contributed by atoms with E-state index in [2.05, 4.69) is 12.2 Å². The molecule has 1 saturated carbocycles. The quantitative estimate of drug-likeness (QED) is 0.689. The van der Waals surface area contributed by atoms with Gasteiger partial charge >= 0.3 is 0 Å². The van der Waals surface area contributed by atoms with Crippen molar-refractivity contribution in [2.45, 2.75) is 57.4 Å². The second kappa shape index (κ2) is 6.38. The minimum atomic E-state index is -0.128. The summed E-state index contributed by atoms with van der Waals surface area (Å²) in [6.07, 6.45) is 6.57. The van der Waals surface area contributed by atoms with Crippen LogP contribution >= 0.6 is 0 Å². The topological polar surface area (TPSA) is 30.5 Å². The molecule has 1 aliphatic rings. The van der Waals surface area contributed by atoms with E-state index < -0.39 is 0 Å². The first-order chi connectivity index (χ1) is 6.77. The minimum absolute atomic E-state index is 0.128. The van der Waals surface area contributed by atoms with Crippen molar-refractivity contribution in [1.29, 1.82) is 0 Å². The van der Waals surface area contributed by atoms with Gasteiger partial charge in [-0.1, -0.05) is 19.3 Å². The highest BCUT2D eigenvalue weighted by Gasteiger charge is 2.20. The molecule has 1 N–H and O–H groups in total. The predicted molar refractivity (Wildman–Crippen MR) is 57.3 cm³/mol. The van der Waals surface area contributed by atoms with E-state index in [-0.39, 0.29) is 12.3 Å². The first kappa shape index (κ1) is 12.0. The number of rotatable bonds is 5. The molecule has 84 valence electrons. The molecule has 1 rings (SSSR count). The summed E-state index contributed by atoms with van der Waals surface area (Å²) in [5, 5.41) is 3.57. The van der Waals surface area contributed by atoms with Gasteiger partial charge in [-0.25, -0.2) is 0 Å². The Labute approximate surface area is 87.2 Å². The number of ether oxygens (including phenoxy) is 2. The van der Waals surface area contributed by atoms with E-state index in [0.29, 0.717) is 6.04 Å². The molecule has 0 saturated heterocycles. The van der Waals surface area contributed by atoms with E-state index in [1.165, 1.54) is 32.1 Å². The highest BCUT2D eigenvalue weighted by molar-refractivity contribution is 4.76. The maximum atomic E-state index is 5.22. The smallest absolute Gasteiger partial charge is 0.171 e. The third kappa shape index (κ3) is 3.56. The average Bonchev–Trinajstić information content (AvgIpc) is 2.21. The summed E-state index contributed by atoms with van der Waals surface area (Å²) in [5.74, 6) is 0. The SMILES string of the molecule is COC(OC)C(C)NC1CCCCC1. The maximum Gasteiger partial charge on any atom is 0.171 e. The molecule has 0 aliphatic heterocycles. The highest BCUT2D eigenvalue weighted by atomic mass is 16.7. The number of methoxy groups -OCH3 is 2. The first-order valence-corrected chi connectivity index (χ1v) is 5.59. The maximum absolute atomic E-state index is 5.22. The van der Waals surface area contributed by atoms with Crippen LogP contribution in [0.5, 0.6) is 0 Å². The third-order valence-electron chi connectivity index (χ3n) is 2.98. The van der Waals surface area contributed by atoms with E-state index in [1.807, 2.05) is 0 Å². The van der Waals surface area contributed by atoms with Crippen molar-refractivity contribution in [3.05, 3.63) is 0 Å². The van der Waals surface area contributed by atoms with Crippen LogP contribution in [0.2, 0.25) is 0 Å². The summed E-state index contributed by atoms with van der Waals surface area (Å²) in [5.41, 5.74) is 0. The van der Waals surface area contributed by atoms with Crippen LogP contribution in [0.1, 0.15) is 39.0 Å². The largest absolute Gasteiger partial charge is 0.354 e. The fourth-order valence-corrected chi connectivity index (χ4v) is 2.22. The van der Waals surface area contributed by atoms with Gasteiger partial charge in [0.15, 0.2) is 6.29 Å². The lowest BCUT2D eigenvalue weighted by atomic mass is 9.95. The van der Waals surface area contributed by atoms with Crippen molar-refractivity contribution in [2.24, 2.45) is 0 Å². The van der Waals surface area contributed by atoms with Crippen LogP contribution in [0, 0.1) is 0 Å². The van der Waals surface area contributed by atoms with E-state index in [1.54, 1.807) is 14.2 Å². The van der Waals surface area contributed by atoms with Gasteiger partial charge in [-0.3, -0.25) is 0 Å². The standard InChI is InChI=1S/C11H23NO2/c1-9(11(13-2)14-3)12-10-7-5-4-6-8-10/h9-12H,4-8H2,1-3H3. The lowest BCUT2D eigenvalue weighted by molar-refractivity contribution is -0.121. The molecular formula is C11H23NO2. The Bertz CT molecular complexity index is 142. The number of hydrogen-bond acceptors (Lipinski definition) is 3. The summed E-state index contributed by atoms with van der Waals surface area (Å²) >= 11 is 0. The molecule has 0 aromatic carbocycles. The van der Waals surface area contributed by atoms with Crippen LogP contribution in [0.3, 0.4) is 0 Å². The van der Waals surface area contributed by atoms with E-state index >= 15 is 0 Å². The van der Waals surface area contributed by atoms with Crippen LogP contribution in [0.15, 0.2) is 0 Å². The zero-order chi connectivity index (χ0) is 10.4. The van der Waals surface area contributed by atoms with Crippen molar-refractivity contribution in [3.63, 3.8) is 0 Å². The molecule has 0 aromatic rings. The molecule has 0 aromatic heterocycles. The fourth-order valence-electron chi connectivity index (χ4n) is 2.22. The monoisotopic (exact) mass is 201 g/mol. The summed E-state index contributed by atoms with van der Waals surface area (Å²) < 4.78 is 10.4.